The molecule has 2 aromatic rings. The highest BCUT2D eigenvalue weighted by Gasteiger charge is 2.05. The van der Waals surface area contributed by atoms with Crippen LogP contribution in [-0.4, -0.2) is 20.3 Å². The Bertz CT molecular complexity index is 570. The molecule has 2 aromatic carbocycles. The molecule has 112 valence electrons. The Hall–Kier alpha value is -1.68. The van der Waals surface area contributed by atoms with E-state index in [1.165, 1.54) is 0 Å². The summed E-state index contributed by atoms with van der Waals surface area (Å²) in [6.07, 6.45) is 0. The van der Waals surface area contributed by atoms with E-state index >= 15 is 0 Å². The van der Waals surface area contributed by atoms with Gasteiger partial charge in [0.2, 0.25) is 0 Å². The molecule has 0 fully saturated rings. The number of rotatable bonds is 6. The monoisotopic (exact) mass is 350 g/mol. The van der Waals surface area contributed by atoms with E-state index in [2.05, 4.69) is 15.9 Å². The molecule has 0 bridgehead atoms. The van der Waals surface area contributed by atoms with Crippen molar-refractivity contribution < 1.29 is 14.2 Å². The van der Waals surface area contributed by atoms with Crippen LogP contribution in [0.25, 0.3) is 0 Å². The summed E-state index contributed by atoms with van der Waals surface area (Å²) >= 11 is 3.48. The van der Waals surface area contributed by atoms with Crippen molar-refractivity contribution in [1.29, 1.82) is 0 Å². The second-order valence-electron chi connectivity index (χ2n) is 4.74. The fraction of sp³-hybridized carbons (Fsp3) is 0.294. The predicted octanol–water partition coefficient (Wildman–Crippen LogP) is 4.53. The molecule has 0 saturated carbocycles. The lowest BCUT2D eigenvalue weighted by molar-refractivity contribution is 0.215. The van der Waals surface area contributed by atoms with Gasteiger partial charge in [-0.3, -0.25) is 0 Å². The minimum Gasteiger partial charge on any atom is -0.497 e. The lowest BCUT2D eigenvalue weighted by Gasteiger charge is -2.13. The van der Waals surface area contributed by atoms with Gasteiger partial charge in [-0.25, -0.2) is 0 Å². The SMILES string of the molecule is COc1ccc(OCCOc2c(C)cc(Br)cc2C)cc1. The van der Waals surface area contributed by atoms with Gasteiger partial charge in [0.05, 0.1) is 7.11 Å². The first-order valence-corrected chi connectivity index (χ1v) is 7.56. The van der Waals surface area contributed by atoms with Crippen molar-refractivity contribution in [3.8, 4) is 17.2 Å². The molecule has 0 aliphatic carbocycles. The summed E-state index contributed by atoms with van der Waals surface area (Å²) in [6.45, 7) is 5.09. The van der Waals surface area contributed by atoms with E-state index in [4.69, 9.17) is 14.2 Å². The lowest BCUT2D eigenvalue weighted by Crippen LogP contribution is -2.10. The smallest absolute Gasteiger partial charge is 0.125 e. The van der Waals surface area contributed by atoms with E-state index in [9.17, 15) is 0 Å². The van der Waals surface area contributed by atoms with Gasteiger partial charge in [-0.15, -0.1) is 0 Å². The van der Waals surface area contributed by atoms with E-state index in [1.807, 2.05) is 50.2 Å². The van der Waals surface area contributed by atoms with Gasteiger partial charge in [-0.05, 0) is 61.4 Å². The van der Waals surface area contributed by atoms with Crippen LogP contribution in [-0.2, 0) is 0 Å². The first-order valence-electron chi connectivity index (χ1n) is 6.76. The molecule has 0 amide bonds. The molecule has 0 radical (unpaired) electrons. The Morgan fingerprint density at radius 1 is 0.857 bits per heavy atom. The van der Waals surface area contributed by atoms with Crippen molar-refractivity contribution in [2.75, 3.05) is 20.3 Å². The number of hydrogen-bond donors (Lipinski definition) is 0. The van der Waals surface area contributed by atoms with Crippen molar-refractivity contribution in [3.05, 3.63) is 52.0 Å². The summed E-state index contributed by atoms with van der Waals surface area (Å²) in [5, 5.41) is 0. The van der Waals surface area contributed by atoms with E-state index in [0.717, 1.165) is 32.8 Å². The first-order chi connectivity index (χ1) is 10.1. The zero-order valence-corrected chi connectivity index (χ0v) is 14.1. The normalized spacial score (nSPS) is 10.3. The van der Waals surface area contributed by atoms with Crippen LogP contribution < -0.4 is 14.2 Å². The predicted molar refractivity (Wildman–Crippen MR) is 87.6 cm³/mol. The van der Waals surface area contributed by atoms with Crippen molar-refractivity contribution >= 4 is 15.9 Å². The topological polar surface area (TPSA) is 27.7 Å². The number of ether oxygens (including phenoxy) is 3. The van der Waals surface area contributed by atoms with Crippen LogP contribution in [0.3, 0.4) is 0 Å². The second-order valence-corrected chi connectivity index (χ2v) is 5.66. The number of halogens is 1. The third kappa shape index (κ3) is 4.39. The van der Waals surface area contributed by atoms with Crippen LogP contribution in [0.1, 0.15) is 11.1 Å². The van der Waals surface area contributed by atoms with Gasteiger partial charge >= 0.3 is 0 Å². The molecule has 0 atom stereocenters. The molecule has 0 aromatic heterocycles. The third-order valence-electron chi connectivity index (χ3n) is 3.08. The molecule has 0 unspecified atom stereocenters. The van der Waals surface area contributed by atoms with Crippen molar-refractivity contribution in [2.24, 2.45) is 0 Å². The van der Waals surface area contributed by atoms with Gasteiger partial charge in [-0.1, -0.05) is 15.9 Å². The largest absolute Gasteiger partial charge is 0.497 e. The number of aryl methyl sites for hydroxylation is 2. The molecule has 3 nitrogen and oxygen atoms in total. The van der Waals surface area contributed by atoms with Gasteiger partial charge in [0.25, 0.3) is 0 Å². The molecule has 21 heavy (non-hydrogen) atoms. The summed E-state index contributed by atoms with van der Waals surface area (Å²) in [5.41, 5.74) is 2.23. The zero-order chi connectivity index (χ0) is 15.2. The number of hydrogen-bond acceptors (Lipinski definition) is 3. The van der Waals surface area contributed by atoms with E-state index in [1.54, 1.807) is 7.11 Å². The number of methoxy groups -OCH3 is 1. The van der Waals surface area contributed by atoms with Crippen LogP contribution in [0.5, 0.6) is 17.2 Å². The Kier molecular flexibility index (Phi) is 5.51. The zero-order valence-electron chi connectivity index (χ0n) is 12.5. The minimum atomic E-state index is 0.501. The van der Waals surface area contributed by atoms with Gasteiger partial charge in [0.15, 0.2) is 0 Å². The quantitative estimate of drug-likeness (QED) is 0.716. The average molecular weight is 351 g/mol. The summed E-state index contributed by atoms with van der Waals surface area (Å²) < 4.78 is 17.6. The summed E-state index contributed by atoms with van der Waals surface area (Å²) in [4.78, 5) is 0. The highest BCUT2D eigenvalue weighted by molar-refractivity contribution is 9.10. The van der Waals surface area contributed by atoms with Gasteiger partial charge in [0, 0.05) is 4.47 Å². The van der Waals surface area contributed by atoms with Crippen LogP contribution in [0.4, 0.5) is 0 Å². The van der Waals surface area contributed by atoms with Crippen molar-refractivity contribution in [3.63, 3.8) is 0 Å². The van der Waals surface area contributed by atoms with Crippen molar-refractivity contribution in [2.45, 2.75) is 13.8 Å². The van der Waals surface area contributed by atoms with Gasteiger partial charge in [-0.2, -0.15) is 0 Å². The maximum absolute atomic E-state index is 5.82. The average Bonchev–Trinajstić information content (AvgIpc) is 2.46. The molecule has 0 aliphatic heterocycles. The van der Waals surface area contributed by atoms with Crippen LogP contribution in [0.2, 0.25) is 0 Å². The highest BCUT2D eigenvalue weighted by atomic mass is 79.9. The van der Waals surface area contributed by atoms with Crippen LogP contribution >= 0.6 is 15.9 Å². The highest BCUT2D eigenvalue weighted by Crippen LogP contribution is 2.27. The van der Waals surface area contributed by atoms with E-state index in [0.29, 0.717) is 13.2 Å². The fourth-order valence-electron chi connectivity index (χ4n) is 2.10. The van der Waals surface area contributed by atoms with E-state index in [-0.39, 0.29) is 0 Å². The Labute approximate surface area is 134 Å². The molecule has 0 aliphatic rings. The van der Waals surface area contributed by atoms with Gasteiger partial charge in [0.1, 0.15) is 30.5 Å². The maximum Gasteiger partial charge on any atom is 0.125 e. The molecule has 0 saturated heterocycles. The summed E-state index contributed by atoms with van der Waals surface area (Å²) in [5.74, 6) is 2.56. The molecule has 4 heteroatoms. The molecule has 0 spiro atoms. The van der Waals surface area contributed by atoms with Gasteiger partial charge < -0.3 is 14.2 Å². The number of benzene rings is 2. The lowest BCUT2D eigenvalue weighted by atomic mass is 10.1. The maximum atomic E-state index is 5.82. The van der Waals surface area contributed by atoms with Crippen LogP contribution in [0.15, 0.2) is 40.9 Å². The molecule has 0 heterocycles. The molecular formula is C17H19BrO3. The van der Waals surface area contributed by atoms with Crippen molar-refractivity contribution in [1.82, 2.24) is 0 Å². The molecular weight excluding hydrogens is 332 g/mol. The second kappa shape index (κ2) is 7.36. The third-order valence-corrected chi connectivity index (χ3v) is 3.54. The van der Waals surface area contributed by atoms with Crippen LogP contribution in [0, 0.1) is 13.8 Å². The molecule has 2 rings (SSSR count). The molecule has 0 N–H and O–H groups in total. The minimum absolute atomic E-state index is 0.501. The summed E-state index contributed by atoms with van der Waals surface area (Å²) in [6, 6.07) is 11.6. The van der Waals surface area contributed by atoms with E-state index < -0.39 is 0 Å². The fourth-order valence-corrected chi connectivity index (χ4v) is 2.79. The Balaban J connectivity index is 1.84. The summed E-state index contributed by atoms with van der Waals surface area (Å²) in [7, 11) is 1.65. The Morgan fingerprint density at radius 2 is 1.38 bits per heavy atom. The first kappa shape index (κ1) is 15.7. The standard InChI is InChI=1S/C17H19BrO3/c1-12-10-14(18)11-13(2)17(12)21-9-8-20-16-6-4-15(19-3)5-7-16/h4-7,10-11H,8-9H2,1-3H3. The Morgan fingerprint density at radius 3 is 1.95 bits per heavy atom.